The molecule has 2 atom stereocenters. The SMILES string of the molecule is CC(Cc1ccsc1)NCC1CCCO1. The van der Waals surface area contributed by atoms with Gasteiger partial charge in [0.05, 0.1) is 6.10 Å². The van der Waals surface area contributed by atoms with Crippen molar-refractivity contribution in [2.75, 3.05) is 13.2 Å². The van der Waals surface area contributed by atoms with Crippen molar-refractivity contribution in [3.8, 4) is 0 Å². The van der Waals surface area contributed by atoms with Gasteiger partial charge in [0.2, 0.25) is 0 Å². The molecule has 1 aromatic rings. The smallest absolute Gasteiger partial charge is 0.0700 e. The standard InChI is InChI=1S/C12H19NOS/c1-10(7-11-4-6-15-9-11)13-8-12-3-2-5-14-12/h4,6,9-10,12-13H,2-3,5,7-8H2,1H3. The van der Waals surface area contributed by atoms with Crippen molar-refractivity contribution < 1.29 is 4.74 Å². The summed E-state index contributed by atoms with van der Waals surface area (Å²) in [7, 11) is 0. The van der Waals surface area contributed by atoms with Crippen LogP contribution in [0, 0.1) is 0 Å². The third-order valence-electron chi connectivity index (χ3n) is 2.84. The number of nitrogens with one attached hydrogen (secondary N) is 1. The predicted molar refractivity (Wildman–Crippen MR) is 64.5 cm³/mol. The maximum Gasteiger partial charge on any atom is 0.0700 e. The van der Waals surface area contributed by atoms with E-state index in [4.69, 9.17) is 4.74 Å². The second-order valence-electron chi connectivity index (χ2n) is 4.28. The van der Waals surface area contributed by atoms with Gasteiger partial charge in [-0.15, -0.1) is 0 Å². The van der Waals surface area contributed by atoms with Crippen LogP contribution in [-0.2, 0) is 11.2 Å². The van der Waals surface area contributed by atoms with E-state index in [1.54, 1.807) is 11.3 Å². The Morgan fingerprint density at radius 1 is 1.67 bits per heavy atom. The molecule has 1 N–H and O–H groups in total. The number of thiophene rings is 1. The summed E-state index contributed by atoms with van der Waals surface area (Å²) in [5.74, 6) is 0. The largest absolute Gasteiger partial charge is 0.377 e. The molecule has 0 spiro atoms. The van der Waals surface area contributed by atoms with Gasteiger partial charge in [-0.1, -0.05) is 0 Å². The molecule has 1 saturated heterocycles. The minimum absolute atomic E-state index is 0.454. The molecule has 2 nitrogen and oxygen atoms in total. The molecule has 0 bridgehead atoms. The van der Waals surface area contributed by atoms with Crippen molar-refractivity contribution in [3.05, 3.63) is 22.4 Å². The highest BCUT2D eigenvalue weighted by atomic mass is 32.1. The maximum atomic E-state index is 5.58. The van der Waals surface area contributed by atoms with Gasteiger partial charge in [0.15, 0.2) is 0 Å². The van der Waals surface area contributed by atoms with E-state index in [1.807, 2.05) is 0 Å². The van der Waals surface area contributed by atoms with Gasteiger partial charge in [-0.05, 0) is 48.6 Å². The second-order valence-corrected chi connectivity index (χ2v) is 5.06. The molecule has 0 aromatic carbocycles. The quantitative estimate of drug-likeness (QED) is 0.831. The zero-order chi connectivity index (χ0) is 10.5. The normalized spacial score (nSPS) is 23.1. The Kier molecular flexibility index (Phi) is 4.18. The summed E-state index contributed by atoms with van der Waals surface area (Å²) < 4.78 is 5.58. The minimum Gasteiger partial charge on any atom is -0.377 e. The molecular weight excluding hydrogens is 206 g/mol. The Bertz CT molecular complexity index is 267. The van der Waals surface area contributed by atoms with E-state index in [2.05, 4.69) is 29.1 Å². The molecule has 0 saturated carbocycles. The van der Waals surface area contributed by atoms with Crippen LogP contribution in [-0.4, -0.2) is 25.3 Å². The van der Waals surface area contributed by atoms with E-state index in [-0.39, 0.29) is 0 Å². The summed E-state index contributed by atoms with van der Waals surface area (Å²) in [6.07, 6.45) is 4.02. The van der Waals surface area contributed by atoms with Crippen LogP contribution in [0.5, 0.6) is 0 Å². The third kappa shape index (κ3) is 3.59. The van der Waals surface area contributed by atoms with Gasteiger partial charge in [-0.2, -0.15) is 11.3 Å². The lowest BCUT2D eigenvalue weighted by molar-refractivity contribution is 0.108. The van der Waals surface area contributed by atoms with E-state index in [0.29, 0.717) is 12.1 Å². The van der Waals surface area contributed by atoms with Gasteiger partial charge >= 0.3 is 0 Å². The highest BCUT2D eigenvalue weighted by Crippen LogP contribution is 2.12. The highest BCUT2D eigenvalue weighted by molar-refractivity contribution is 7.07. The first-order valence-electron chi connectivity index (χ1n) is 5.70. The molecule has 0 aliphatic carbocycles. The number of hydrogen-bond donors (Lipinski definition) is 1. The Labute approximate surface area is 95.6 Å². The van der Waals surface area contributed by atoms with Gasteiger partial charge in [-0.25, -0.2) is 0 Å². The number of ether oxygens (including phenoxy) is 1. The number of hydrogen-bond acceptors (Lipinski definition) is 3. The molecule has 1 aliphatic rings. The number of rotatable bonds is 5. The maximum absolute atomic E-state index is 5.58. The van der Waals surface area contributed by atoms with Crippen molar-refractivity contribution in [3.63, 3.8) is 0 Å². The summed E-state index contributed by atoms with van der Waals surface area (Å²) in [5.41, 5.74) is 1.44. The van der Waals surface area contributed by atoms with E-state index < -0.39 is 0 Å². The fourth-order valence-electron chi connectivity index (χ4n) is 1.97. The Hall–Kier alpha value is -0.380. The van der Waals surface area contributed by atoms with Gasteiger partial charge < -0.3 is 10.1 Å². The summed E-state index contributed by atoms with van der Waals surface area (Å²) in [6.45, 7) is 4.20. The van der Waals surface area contributed by atoms with Crippen molar-refractivity contribution in [2.24, 2.45) is 0 Å². The molecule has 1 aromatic heterocycles. The summed E-state index contributed by atoms with van der Waals surface area (Å²) in [6, 6.07) is 2.75. The zero-order valence-corrected chi connectivity index (χ0v) is 10.1. The lowest BCUT2D eigenvalue weighted by Crippen LogP contribution is -2.34. The molecule has 2 rings (SSSR count). The minimum atomic E-state index is 0.454. The monoisotopic (exact) mass is 225 g/mol. The Morgan fingerprint density at radius 2 is 2.60 bits per heavy atom. The first kappa shape index (κ1) is 11.1. The molecule has 84 valence electrons. The average molecular weight is 225 g/mol. The van der Waals surface area contributed by atoms with E-state index in [1.165, 1.54) is 18.4 Å². The molecule has 0 radical (unpaired) electrons. The highest BCUT2D eigenvalue weighted by Gasteiger charge is 2.15. The van der Waals surface area contributed by atoms with Crippen LogP contribution in [0.3, 0.4) is 0 Å². The van der Waals surface area contributed by atoms with Crippen LogP contribution in [0.2, 0.25) is 0 Å². The first-order chi connectivity index (χ1) is 7.34. The predicted octanol–water partition coefficient (Wildman–Crippen LogP) is 2.45. The van der Waals surface area contributed by atoms with Crippen molar-refractivity contribution >= 4 is 11.3 Å². The van der Waals surface area contributed by atoms with Crippen LogP contribution >= 0.6 is 11.3 Å². The van der Waals surface area contributed by atoms with Gasteiger partial charge in [-0.3, -0.25) is 0 Å². The Balaban J connectivity index is 1.66. The fourth-order valence-corrected chi connectivity index (χ4v) is 2.65. The molecule has 2 unspecified atom stereocenters. The molecule has 0 amide bonds. The van der Waals surface area contributed by atoms with E-state index in [9.17, 15) is 0 Å². The lowest BCUT2D eigenvalue weighted by atomic mass is 10.1. The van der Waals surface area contributed by atoms with Crippen LogP contribution < -0.4 is 5.32 Å². The summed E-state index contributed by atoms with van der Waals surface area (Å²) >= 11 is 1.77. The molecular formula is C12H19NOS. The van der Waals surface area contributed by atoms with Crippen molar-refractivity contribution in [2.45, 2.75) is 38.3 Å². The van der Waals surface area contributed by atoms with Crippen LogP contribution in [0.25, 0.3) is 0 Å². The zero-order valence-electron chi connectivity index (χ0n) is 9.24. The Morgan fingerprint density at radius 3 is 3.27 bits per heavy atom. The topological polar surface area (TPSA) is 21.3 Å². The summed E-state index contributed by atoms with van der Waals surface area (Å²) in [4.78, 5) is 0. The van der Waals surface area contributed by atoms with Crippen molar-refractivity contribution in [1.82, 2.24) is 5.32 Å². The van der Waals surface area contributed by atoms with Gasteiger partial charge in [0, 0.05) is 19.2 Å². The molecule has 3 heteroatoms. The van der Waals surface area contributed by atoms with Crippen LogP contribution in [0.4, 0.5) is 0 Å². The second kappa shape index (κ2) is 5.64. The van der Waals surface area contributed by atoms with E-state index >= 15 is 0 Å². The molecule has 15 heavy (non-hydrogen) atoms. The average Bonchev–Trinajstić information content (AvgIpc) is 2.86. The van der Waals surface area contributed by atoms with Gasteiger partial charge in [0.25, 0.3) is 0 Å². The summed E-state index contributed by atoms with van der Waals surface area (Å²) in [5, 5.41) is 7.91. The molecule has 1 aliphatic heterocycles. The van der Waals surface area contributed by atoms with Crippen LogP contribution in [0.1, 0.15) is 25.3 Å². The van der Waals surface area contributed by atoms with E-state index in [0.717, 1.165) is 19.6 Å². The fraction of sp³-hybridized carbons (Fsp3) is 0.667. The third-order valence-corrected chi connectivity index (χ3v) is 3.57. The molecule has 1 fully saturated rings. The van der Waals surface area contributed by atoms with Crippen molar-refractivity contribution in [1.29, 1.82) is 0 Å². The van der Waals surface area contributed by atoms with Crippen LogP contribution in [0.15, 0.2) is 16.8 Å². The van der Waals surface area contributed by atoms with Gasteiger partial charge in [0.1, 0.15) is 0 Å². The lowest BCUT2D eigenvalue weighted by Gasteiger charge is -2.16. The molecule has 2 heterocycles. The first-order valence-corrected chi connectivity index (χ1v) is 6.65.